The van der Waals surface area contributed by atoms with Gasteiger partial charge in [-0.15, -0.1) is 0 Å². The van der Waals surface area contributed by atoms with Crippen LogP contribution in [0.5, 0.6) is 0 Å². The summed E-state index contributed by atoms with van der Waals surface area (Å²) in [5.41, 5.74) is 0.287. The fraction of sp³-hybridized carbons (Fsp3) is 1.00. The maximum absolute atomic E-state index is 8.81. The topological polar surface area (TPSA) is 40.5 Å². The third kappa shape index (κ3) is 6.68. The van der Waals surface area contributed by atoms with Crippen LogP contribution in [0.25, 0.3) is 0 Å². The van der Waals surface area contributed by atoms with Gasteiger partial charge >= 0.3 is 7.12 Å². The van der Waals surface area contributed by atoms with E-state index in [1.165, 1.54) is 0 Å². The summed E-state index contributed by atoms with van der Waals surface area (Å²) in [6.07, 6.45) is 2.59. The molecule has 1 atom stereocenters. The summed E-state index contributed by atoms with van der Waals surface area (Å²) in [5.74, 6) is 0.435. The Morgan fingerprint density at radius 1 is 1.25 bits per heavy atom. The summed E-state index contributed by atoms with van der Waals surface area (Å²) in [5, 5.41) is 17.6. The smallest absolute Gasteiger partial charge is 0.427 e. The zero-order valence-electron chi connectivity index (χ0n) is 8.67. The van der Waals surface area contributed by atoms with Crippen molar-refractivity contribution < 1.29 is 10.0 Å². The molecule has 72 valence electrons. The van der Waals surface area contributed by atoms with E-state index in [1.807, 2.05) is 0 Å². The number of rotatable bonds is 4. The van der Waals surface area contributed by atoms with Gasteiger partial charge in [0.05, 0.1) is 0 Å². The van der Waals surface area contributed by atoms with Crippen molar-refractivity contribution in [2.24, 2.45) is 11.3 Å². The summed E-state index contributed by atoms with van der Waals surface area (Å²) in [7, 11) is -1.14. The molecule has 3 heteroatoms. The minimum absolute atomic E-state index is 0.287. The molecule has 0 rings (SSSR count). The Hall–Kier alpha value is -0.0151. The molecule has 0 aromatic heterocycles. The van der Waals surface area contributed by atoms with Crippen LogP contribution in [-0.4, -0.2) is 17.2 Å². The summed E-state index contributed by atoms with van der Waals surface area (Å²) in [4.78, 5) is 0. The molecule has 2 N–H and O–H groups in total. The van der Waals surface area contributed by atoms with E-state index in [4.69, 9.17) is 10.0 Å². The maximum atomic E-state index is 8.81. The molecule has 0 aromatic carbocycles. The molecule has 0 fully saturated rings. The monoisotopic (exact) mass is 172 g/mol. The van der Waals surface area contributed by atoms with Crippen LogP contribution in [0.1, 0.15) is 40.5 Å². The zero-order valence-corrected chi connectivity index (χ0v) is 8.67. The second-order valence-corrected chi connectivity index (χ2v) is 4.76. The normalized spacial score (nSPS) is 14.5. The van der Waals surface area contributed by atoms with Gasteiger partial charge in [0.1, 0.15) is 0 Å². The van der Waals surface area contributed by atoms with Crippen LogP contribution in [-0.2, 0) is 0 Å². The van der Waals surface area contributed by atoms with Gasteiger partial charge in [0.25, 0.3) is 0 Å². The van der Waals surface area contributed by atoms with Gasteiger partial charge < -0.3 is 10.0 Å². The quantitative estimate of drug-likeness (QED) is 0.636. The third-order valence-corrected chi connectivity index (χ3v) is 2.02. The Morgan fingerprint density at radius 2 is 1.75 bits per heavy atom. The lowest BCUT2D eigenvalue weighted by Gasteiger charge is -2.24. The molecule has 0 spiro atoms. The van der Waals surface area contributed by atoms with Crippen molar-refractivity contribution in [1.82, 2.24) is 0 Å². The Balaban J connectivity index is 3.83. The standard InChI is InChI=1S/C9H21BO2/c1-5-8(7-10(11)12)6-9(2,3)4/h8,11-12H,5-7H2,1-4H3. The van der Waals surface area contributed by atoms with Gasteiger partial charge in [0.2, 0.25) is 0 Å². The van der Waals surface area contributed by atoms with E-state index >= 15 is 0 Å². The molecule has 0 heterocycles. The van der Waals surface area contributed by atoms with Gasteiger partial charge in [-0.2, -0.15) is 0 Å². The first-order valence-electron chi connectivity index (χ1n) is 4.71. The average Bonchev–Trinajstić information content (AvgIpc) is 1.82. The third-order valence-electron chi connectivity index (χ3n) is 2.02. The fourth-order valence-corrected chi connectivity index (χ4v) is 1.56. The van der Waals surface area contributed by atoms with Crippen LogP contribution >= 0.6 is 0 Å². The molecule has 0 aliphatic carbocycles. The summed E-state index contributed by atoms with van der Waals surface area (Å²) in [6.45, 7) is 8.64. The van der Waals surface area contributed by atoms with Crippen molar-refractivity contribution in [3.8, 4) is 0 Å². The highest BCUT2D eigenvalue weighted by Crippen LogP contribution is 2.28. The molecule has 0 aliphatic rings. The SMILES string of the molecule is CCC(CB(O)O)CC(C)(C)C. The van der Waals surface area contributed by atoms with Crippen molar-refractivity contribution in [2.45, 2.75) is 46.9 Å². The molecule has 0 aromatic rings. The number of hydrogen-bond donors (Lipinski definition) is 2. The predicted molar refractivity (Wildman–Crippen MR) is 52.9 cm³/mol. The largest absolute Gasteiger partial charge is 0.451 e. The van der Waals surface area contributed by atoms with E-state index < -0.39 is 7.12 Å². The first-order chi connectivity index (χ1) is 5.35. The highest BCUT2D eigenvalue weighted by Gasteiger charge is 2.21. The summed E-state index contributed by atoms with van der Waals surface area (Å²) < 4.78 is 0. The Morgan fingerprint density at radius 3 is 2.00 bits per heavy atom. The average molecular weight is 172 g/mol. The zero-order chi connectivity index (χ0) is 9.78. The lowest BCUT2D eigenvalue weighted by molar-refractivity contribution is 0.286. The molecule has 0 aliphatic heterocycles. The molecule has 0 bridgehead atoms. The van der Waals surface area contributed by atoms with Crippen molar-refractivity contribution in [3.63, 3.8) is 0 Å². The molecule has 0 saturated carbocycles. The maximum Gasteiger partial charge on any atom is 0.451 e. The minimum Gasteiger partial charge on any atom is -0.427 e. The molecule has 1 unspecified atom stereocenters. The van der Waals surface area contributed by atoms with Gasteiger partial charge in [-0.25, -0.2) is 0 Å². The van der Waals surface area contributed by atoms with Crippen LogP contribution in [0.4, 0.5) is 0 Å². The van der Waals surface area contributed by atoms with Crippen LogP contribution in [0.2, 0.25) is 6.32 Å². The van der Waals surface area contributed by atoms with Crippen LogP contribution in [0.15, 0.2) is 0 Å². The van der Waals surface area contributed by atoms with Gasteiger partial charge in [-0.1, -0.05) is 34.1 Å². The molecule has 0 amide bonds. The van der Waals surface area contributed by atoms with Crippen molar-refractivity contribution in [1.29, 1.82) is 0 Å². The van der Waals surface area contributed by atoms with E-state index in [2.05, 4.69) is 27.7 Å². The van der Waals surface area contributed by atoms with Gasteiger partial charge in [0, 0.05) is 0 Å². The first kappa shape index (κ1) is 12.0. The summed E-state index contributed by atoms with van der Waals surface area (Å²) in [6, 6.07) is 0. The first-order valence-corrected chi connectivity index (χ1v) is 4.71. The van der Waals surface area contributed by atoms with Crippen molar-refractivity contribution in [3.05, 3.63) is 0 Å². The molecule has 2 nitrogen and oxygen atoms in total. The highest BCUT2D eigenvalue weighted by molar-refractivity contribution is 6.41. The molecular weight excluding hydrogens is 151 g/mol. The number of hydrogen-bond acceptors (Lipinski definition) is 2. The molecule has 12 heavy (non-hydrogen) atoms. The van der Waals surface area contributed by atoms with Gasteiger partial charge in [0.15, 0.2) is 0 Å². The van der Waals surface area contributed by atoms with Crippen molar-refractivity contribution >= 4 is 7.12 Å². The Bertz CT molecular complexity index is 118. The van der Waals surface area contributed by atoms with E-state index in [0.717, 1.165) is 12.8 Å². The van der Waals surface area contributed by atoms with Crippen LogP contribution in [0, 0.1) is 11.3 Å². The molecule has 0 saturated heterocycles. The predicted octanol–water partition coefficient (Wildman–Crippen LogP) is 1.92. The molecular formula is C9H21BO2. The summed E-state index contributed by atoms with van der Waals surface area (Å²) >= 11 is 0. The van der Waals surface area contributed by atoms with E-state index in [0.29, 0.717) is 12.2 Å². The molecule has 0 radical (unpaired) electrons. The van der Waals surface area contributed by atoms with E-state index in [1.54, 1.807) is 0 Å². The lowest BCUT2D eigenvalue weighted by atomic mass is 9.71. The second-order valence-electron chi connectivity index (χ2n) is 4.76. The van der Waals surface area contributed by atoms with Gasteiger partial charge in [-0.05, 0) is 24.1 Å². The Labute approximate surface area is 76.1 Å². The van der Waals surface area contributed by atoms with E-state index in [-0.39, 0.29) is 5.41 Å². The second kappa shape index (κ2) is 4.88. The van der Waals surface area contributed by atoms with Crippen molar-refractivity contribution in [2.75, 3.05) is 0 Å². The lowest BCUT2D eigenvalue weighted by Crippen LogP contribution is -2.20. The van der Waals surface area contributed by atoms with Crippen LogP contribution < -0.4 is 0 Å². The fourth-order valence-electron chi connectivity index (χ4n) is 1.56. The van der Waals surface area contributed by atoms with E-state index in [9.17, 15) is 0 Å². The minimum atomic E-state index is -1.14. The Kier molecular flexibility index (Phi) is 4.87. The van der Waals surface area contributed by atoms with Gasteiger partial charge in [-0.3, -0.25) is 0 Å². The highest BCUT2D eigenvalue weighted by atomic mass is 16.4. The van der Waals surface area contributed by atoms with Crippen LogP contribution in [0.3, 0.4) is 0 Å².